The van der Waals surface area contributed by atoms with Crippen molar-refractivity contribution in [2.24, 2.45) is 5.92 Å². The third kappa shape index (κ3) is 6.33. The normalized spacial score (nSPS) is 18.5. The Bertz CT molecular complexity index is 1180. The number of hydrogen-bond donors (Lipinski definition) is 0. The van der Waals surface area contributed by atoms with E-state index in [4.69, 9.17) is 4.74 Å². The summed E-state index contributed by atoms with van der Waals surface area (Å²) in [6, 6.07) is 11.2. The Hall–Kier alpha value is -2.74. The molecule has 0 atom stereocenters. The van der Waals surface area contributed by atoms with Gasteiger partial charge in [0.1, 0.15) is 5.82 Å². The van der Waals surface area contributed by atoms with Gasteiger partial charge in [-0.3, -0.25) is 0 Å². The largest absolute Gasteiger partial charge is 0.478 e. The number of rotatable bonds is 8. The van der Waals surface area contributed by atoms with Crippen LogP contribution in [0.25, 0.3) is 10.8 Å². The van der Waals surface area contributed by atoms with Crippen molar-refractivity contribution in [2.75, 3.05) is 20.3 Å². The molecule has 3 aromatic rings. The molecule has 0 amide bonds. The molecule has 0 unspecified atom stereocenters. The maximum Gasteiger partial charge on any atom is 0.422 e. The minimum atomic E-state index is -4.71. The molecule has 0 saturated heterocycles. The fourth-order valence-electron chi connectivity index (χ4n) is 5.03. The molecule has 194 valence electrons. The summed E-state index contributed by atoms with van der Waals surface area (Å²) in [6.07, 6.45) is -0.0514. The highest BCUT2D eigenvalue weighted by Crippen LogP contribution is 2.37. The first-order valence-corrected chi connectivity index (χ1v) is 12.0. The zero-order chi connectivity index (χ0) is 25.9. The van der Waals surface area contributed by atoms with Crippen LogP contribution >= 0.6 is 0 Å². The summed E-state index contributed by atoms with van der Waals surface area (Å²) in [4.78, 5) is 0. The molecule has 2 nitrogen and oxygen atoms in total. The van der Waals surface area contributed by atoms with Crippen molar-refractivity contribution in [2.45, 2.75) is 50.6 Å². The predicted molar refractivity (Wildman–Crippen MR) is 126 cm³/mol. The molecule has 0 aliphatic heterocycles. The zero-order valence-electron chi connectivity index (χ0n) is 19.9. The van der Waals surface area contributed by atoms with E-state index in [1.54, 1.807) is 19.2 Å². The molecule has 0 bridgehead atoms. The van der Waals surface area contributed by atoms with Gasteiger partial charge in [-0.15, -0.1) is 0 Å². The molecule has 3 aromatic carbocycles. The molecule has 0 heterocycles. The molecule has 1 fully saturated rings. The van der Waals surface area contributed by atoms with Gasteiger partial charge in [-0.2, -0.15) is 13.2 Å². The van der Waals surface area contributed by atoms with Crippen molar-refractivity contribution in [3.63, 3.8) is 0 Å². The number of ether oxygens (including phenoxy) is 2. The van der Waals surface area contributed by atoms with Gasteiger partial charge >= 0.3 is 6.18 Å². The van der Waals surface area contributed by atoms with E-state index in [-0.39, 0.29) is 24.2 Å². The predicted octanol–water partition coefficient (Wildman–Crippen LogP) is 7.90. The Morgan fingerprint density at radius 2 is 1.56 bits per heavy atom. The summed E-state index contributed by atoms with van der Waals surface area (Å²) in [5.41, 5.74) is 1.79. The molecule has 0 N–H and O–H groups in total. The summed E-state index contributed by atoms with van der Waals surface area (Å²) < 4.78 is 89.9. The minimum absolute atomic E-state index is 0.110. The van der Waals surface area contributed by atoms with Gasteiger partial charge in [-0.1, -0.05) is 30.3 Å². The molecule has 8 heteroatoms. The molecule has 1 saturated carbocycles. The zero-order valence-corrected chi connectivity index (χ0v) is 19.9. The minimum Gasteiger partial charge on any atom is -0.478 e. The lowest BCUT2D eigenvalue weighted by Gasteiger charge is -2.28. The first-order chi connectivity index (χ1) is 17.1. The third-order valence-electron chi connectivity index (χ3n) is 6.90. The molecule has 1 aliphatic carbocycles. The lowest BCUT2D eigenvalue weighted by atomic mass is 9.78. The maximum atomic E-state index is 15.2. The number of methoxy groups -OCH3 is 1. The van der Waals surface area contributed by atoms with Crippen LogP contribution in [0, 0.1) is 23.4 Å². The van der Waals surface area contributed by atoms with Crippen LogP contribution in [0.5, 0.6) is 5.75 Å². The molecule has 0 radical (unpaired) electrons. The summed E-state index contributed by atoms with van der Waals surface area (Å²) in [5, 5.41) is 1.29. The molecular weight excluding hydrogens is 482 g/mol. The van der Waals surface area contributed by atoms with Gasteiger partial charge in [0.2, 0.25) is 0 Å². The Morgan fingerprint density at radius 3 is 2.19 bits per heavy atom. The van der Waals surface area contributed by atoms with Gasteiger partial charge in [0.25, 0.3) is 0 Å². The Kier molecular flexibility index (Phi) is 8.13. The van der Waals surface area contributed by atoms with Crippen molar-refractivity contribution >= 4 is 10.8 Å². The second-order valence-electron chi connectivity index (χ2n) is 9.48. The first kappa shape index (κ1) is 26.3. The smallest absolute Gasteiger partial charge is 0.422 e. The molecule has 1 aliphatic rings. The van der Waals surface area contributed by atoms with Gasteiger partial charge in [0, 0.05) is 19.1 Å². The fraction of sp³-hybridized carbons (Fsp3) is 0.429. The number of alkyl halides is 3. The maximum absolute atomic E-state index is 15.2. The number of hydrogen-bond acceptors (Lipinski definition) is 2. The van der Waals surface area contributed by atoms with E-state index in [0.717, 1.165) is 49.8 Å². The molecule has 0 spiro atoms. The van der Waals surface area contributed by atoms with Gasteiger partial charge in [-0.25, -0.2) is 13.2 Å². The molecule has 36 heavy (non-hydrogen) atoms. The van der Waals surface area contributed by atoms with Crippen LogP contribution in [0.3, 0.4) is 0 Å². The molecular formula is C28H28F6O2. The SMILES string of the molecule is COCC1CCC(c2ccc3c(F)c(CCc4cc(F)c(OCC(F)(F)F)c(F)c4)ccc3c2)CC1. The van der Waals surface area contributed by atoms with Gasteiger partial charge < -0.3 is 9.47 Å². The van der Waals surface area contributed by atoms with Crippen LogP contribution in [-0.2, 0) is 17.6 Å². The standard InChI is InChI=1S/C28H28F6O2/c1-35-15-17-2-5-19(6-3-17)21-10-11-23-22(14-21)9-8-20(26(23)31)7-4-18-12-24(29)27(25(30)13-18)36-16-28(32,33)34/h8-14,17,19H,2-7,15-16H2,1H3. The Balaban J connectivity index is 1.44. The summed E-state index contributed by atoms with van der Waals surface area (Å²) in [7, 11) is 1.72. The summed E-state index contributed by atoms with van der Waals surface area (Å²) in [5.74, 6) is -2.87. The highest BCUT2D eigenvalue weighted by Gasteiger charge is 2.30. The fourth-order valence-corrected chi connectivity index (χ4v) is 5.03. The highest BCUT2D eigenvalue weighted by atomic mass is 19.4. The quantitative estimate of drug-likeness (QED) is 0.287. The summed E-state index contributed by atoms with van der Waals surface area (Å²) in [6.45, 7) is -1.01. The second-order valence-corrected chi connectivity index (χ2v) is 9.48. The van der Waals surface area contributed by atoms with E-state index < -0.39 is 30.2 Å². The van der Waals surface area contributed by atoms with Crippen molar-refractivity contribution in [3.05, 3.63) is 76.6 Å². The number of halogens is 6. The van der Waals surface area contributed by atoms with Crippen LogP contribution in [0.4, 0.5) is 26.3 Å². The van der Waals surface area contributed by atoms with Crippen LogP contribution < -0.4 is 4.74 Å². The average Bonchev–Trinajstić information content (AvgIpc) is 2.83. The van der Waals surface area contributed by atoms with E-state index in [1.807, 2.05) is 18.2 Å². The van der Waals surface area contributed by atoms with Gasteiger partial charge in [-0.05, 0) is 84.6 Å². The summed E-state index contributed by atoms with van der Waals surface area (Å²) >= 11 is 0. The van der Waals surface area contributed by atoms with E-state index in [0.29, 0.717) is 22.8 Å². The highest BCUT2D eigenvalue weighted by molar-refractivity contribution is 5.84. The van der Waals surface area contributed by atoms with Crippen LogP contribution in [0.15, 0.2) is 42.5 Å². The van der Waals surface area contributed by atoms with Crippen LogP contribution in [0.2, 0.25) is 0 Å². The van der Waals surface area contributed by atoms with Crippen molar-refractivity contribution in [1.29, 1.82) is 0 Å². The first-order valence-electron chi connectivity index (χ1n) is 12.0. The van der Waals surface area contributed by atoms with Crippen LogP contribution in [-0.4, -0.2) is 26.5 Å². The Morgan fingerprint density at radius 1 is 0.861 bits per heavy atom. The van der Waals surface area contributed by atoms with Crippen molar-refractivity contribution < 1.29 is 35.8 Å². The third-order valence-corrected chi connectivity index (χ3v) is 6.90. The number of fused-ring (bicyclic) bond motifs is 1. The number of aryl methyl sites for hydroxylation is 2. The lowest BCUT2D eigenvalue weighted by molar-refractivity contribution is -0.154. The number of benzene rings is 3. The van der Waals surface area contributed by atoms with E-state index in [9.17, 15) is 22.0 Å². The topological polar surface area (TPSA) is 18.5 Å². The van der Waals surface area contributed by atoms with Crippen molar-refractivity contribution in [1.82, 2.24) is 0 Å². The monoisotopic (exact) mass is 510 g/mol. The average molecular weight is 511 g/mol. The van der Waals surface area contributed by atoms with Crippen molar-refractivity contribution in [3.8, 4) is 5.75 Å². The second kappa shape index (κ2) is 11.1. The Labute approximate surface area is 206 Å². The van der Waals surface area contributed by atoms with E-state index in [1.165, 1.54) is 5.56 Å². The van der Waals surface area contributed by atoms with E-state index in [2.05, 4.69) is 4.74 Å². The van der Waals surface area contributed by atoms with Crippen LogP contribution in [0.1, 0.15) is 48.3 Å². The van der Waals surface area contributed by atoms with E-state index >= 15 is 4.39 Å². The molecule has 0 aromatic heterocycles. The van der Waals surface area contributed by atoms with Gasteiger partial charge in [0.05, 0.1) is 0 Å². The van der Waals surface area contributed by atoms with Gasteiger partial charge in [0.15, 0.2) is 24.0 Å². The molecule has 4 rings (SSSR count). The lowest BCUT2D eigenvalue weighted by Crippen LogP contribution is -2.20.